The van der Waals surface area contributed by atoms with Crippen molar-refractivity contribution in [2.45, 2.75) is 6.92 Å². The van der Waals surface area contributed by atoms with Gasteiger partial charge in [-0.15, -0.1) is 0 Å². The number of benzene rings is 2. The molecule has 7 heteroatoms. The summed E-state index contributed by atoms with van der Waals surface area (Å²) >= 11 is 0. The van der Waals surface area contributed by atoms with E-state index in [4.69, 9.17) is 4.74 Å². The molecule has 0 radical (unpaired) electrons. The molecule has 1 aliphatic rings. The Labute approximate surface area is 136 Å². The van der Waals surface area contributed by atoms with Crippen molar-refractivity contribution in [3.8, 4) is 5.75 Å². The Balaban J connectivity index is 1.76. The van der Waals surface area contributed by atoms with Crippen LogP contribution >= 0.6 is 0 Å². The normalized spacial score (nSPS) is 13.3. The number of aryl methyl sites for hydroxylation is 1. The zero-order valence-corrected chi connectivity index (χ0v) is 12.8. The Hall–Kier alpha value is -2.96. The molecule has 124 valence electrons. The molecule has 0 saturated heterocycles. The lowest BCUT2D eigenvalue weighted by Crippen LogP contribution is -2.43. The minimum atomic E-state index is -1.06. The number of nitrogens with zero attached hydrogens (tertiary/aromatic N) is 1. The van der Waals surface area contributed by atoms with Crippen molar-refractivity contribution in [3.63, 3.8) is 0 Å². The predicted octanol–water partition coefficient (Wildman–Crippen LogP) is 2.64. The molecule has 0 aromatic heterocycles. The lowest BCUT2D eigenvalue weighted by atomic mass is 10.1. The van der Waals surface area contributed by atoms with Gasteiger partial charge >= 0.3 is 0 Å². The fourth-order valence-corrected chi connectivity index (χ4v) is 2.40. The molecule has 0 fully saturated rings. The number of hydrogen-bond donors (Lipinski definition) is 1. The average molecular weight is 332 g/mol. The predicted molar refractivity (Wildman–Crippen MR) is 84.0 cm³/mol. The molecule has 0 spiro atoms. The van der Waals surface area contributed by atoms with Gasteiger partial charge in [0.05, 0.1) is 5.69 Å². The second-order valence-corrected chi connectivity index (χ2v) is 5.42. The SMILES string of the molecule is Cc1ccc2c(c1)OCC(=O)N2CC(=O)Nc1ccc(F)c(F)c1. The van der Waals surface area contributed by atoms with Gasteiger partial charge in [0, 0.05) is 11.8 Å². The number of fused-ring (bicyclic) bond motifs is 1. The van der Waals surface area contributed by atoms with Gasteiger partial charge in [0.25, 0.3) is 5.91 Å². The average Bonchev–Trinajstić information content (AvgIpc) is 2.53. The maximum atomic E-state index is 13.2. The van der Waals surface area contributed by atoms with Crippen LogP contribution in [0, 0.1) is 18.6 Å². The van der Waals surface area contributed by atoms with Crippen molar-refractivity contribution in [2.24, 2.45) is 0 Å². The maximum Gasteiger partial charge on any atom is 0.265 e. The fourth-order valence-electron chi connectivity index (χ4n) is 2.40. The standard InChI is InChI=1S/C17H14F2N2O3/c1-10-2-5-14-15(6-10)24-9-17(23)21(14)8-16(22)20-11-3-4-12(18)13(19)7-11/h2-7H,8-9H2,1H3,(H,20,22). The number of amides is 2. The maximum absolute atomic E-state index is 13.2. The van der Waals surface area contributed by atoms with E-state index in [-0.39, 0.29) is 24.7 Å². The molecule has 0 saturated carbocycles. The summed E-state index contributed by atoms with van der Waals surface area (Å²) in [5.41, 5.74) is 1.58. The number of ether oxygens (including phenoxy) is 1. The topological polar surface area (TPSA) is 58.6 Å². The third-order valence-corrected chi connectivity index (χ3v) is 3.56. The zero-order chi connectivity index (χ0) is 17.3. The first-order chi connectivity index (χ1) is 11.4. The van der Waals surface area contributed by atoms with Gasteiger partial charge in [0.15, 0.2) is 18.2 Å². The van der Waals surface area contributed by atoms with Gasteiger partial charge in [-0.05, 0) is 36.8 Å². The smallest absolute Gasteiger partial charge is 0.265 e. The van der Waals surface area contributed by atoms with Crippen molar-refractivity contribution in [3.05, 3.63) is 53.6 Å². The molecule has 3 rings (SSSR count). The van der Waals surface area contributed by atoms with Crippen LogP contribution < -0.4 is 15.0 Å². The molecule has 0 atom stereocenters. The lowest BCUT2D eigenvalue weighted by Gasteiger charge is -2.29. The van der Waals surface area contributed by atoms with Crippen molar-refractivity contribution in [2.75, 3.05) is 23.4 Å². The summed E-state index contributed by atoms with van der Waals surface area (Å²) in [6.45, 7) is 1.48. The van der Waals surface area contributed by atoms with Crippen LogP contribution in [-0.4, -0.2) is 25.0 Å². The van der Waals surface area contributed by atoms with E-state index < -0.39 is 17.5 Å². The van der Waals surface area contributed by atoms with E-state index >= 15 is 0 Å². The minimum absolute atomic E-state index is 0.115. The van der Waals surface area contributed by atoms with Crippen LogP contribution in [0.25, 0.3) is 0 Å². The first-order valence-corrected chi connectivity index (χ1v) is 7.23. The zero-order valence-electron chi connectivity index (χ0n) is 12.8. The molecular formula is C17H14F2N2O3. The van der Waals surface area contributed by atoms with Gasteiger partial charge in [0.2, 0.25) is 5.91 Å². The molecule has 5 nitrogen and oxygen atoms in total. The number of anilines is 2. The second-order valence-electron chi connectivity index (χ2n) is 5.42. The van der Waals surface area contributed by atoms with Crippen molar-refractivity contribution >= 4 is 23.2 Å². The highest BCUT2D eigenvalue weighted by atomic mass is 19.2. The molecule has 0 aliphatic carbocycles. The van der Waals surface area contributed by atoms with E-state index in [0.29, 0.717) is 11.4 Å². The van der Waals surface area contributed by atoms with Gasteiger partial charge in [-0.3, -0.25) is 14.5 Å². The van der Waals surface area contributed by atoms with Crippen LogP contribution in [0.5, 0.6) is 5.75 Å². The number of nitrogens with one attached hydrogen (secondary N) is 1. The summed E-state index contributed by atoms with van der Waals surface area (Å²) in [7, 11) is 0. The highest BCUT2D eigenvalue weighted by Gasteiger charge is 2.27. The Morgan fingerprint density at radius 3 is 2.75 bits per heavy atom. The minimum Gasteiger partial charge on any atom is -0.482 e. The summed E-state index contributed by atoms with van der Waals surface area (Å²) in [4.78, 5) is 25.5. The molecule has 1 N–H and O–H groups in total. The molecule has 2 aromatic rings. The first kappa shape index (κ1) is 15.9. The Morgan fingerprint density at radius 1 is 1.21 bits per heavy atom. The van der Waals surface area contributed by atoms with E-state index in [1.807, 2.05) is 6.92 Å². The van der Waals surface area contributed by atoms with Gasteiger partial charge in [0.1, 0.15) is 12.3 Å². The van der Waals surface area contributed by atoms with Crippen molar-refractivity contribution in [1.29, 1.82) is 0 Å². The third-order valence-electron chi connectivity index (χ3n) is 3.56. The number of rotatable bonds is 3. The highest BCUT2D eigenvalue weighted by Crippen LogP contribution is 2.32. The number of carbonyl (C=O) groups excluding carboxylic acids is 2. The molecule has 0 bridgehead atoms. The van der Waals surface area contributed by atoms with Crippen molar-refractivity contribution in [1.82, 2.24) is 0 Å². The molecular weight excluding hydrogens is 318 g/mol. The summed E-state index contributed by atoms with van der Waals surface area (Å²) in [5, 5.41) is 2.44. The van der Waals surface area contributed by atoms with E-state index in [2.05, 4.69) is 5.32 Å². The van der Waals surface area contributed by atoms with Crippen LogP contribution in [-0.2, 0) is 9.59 Å². The van der Waals surface area contributed by atoms with Crippen LogP contribution in [0.3, 0.4) is 0 Å². The lowest BCUT2D eigenvalue weighted by molar-refractivity contribution is -0.123. The Morgan fingerprint density at radius 2 is 2.00 bits per heavy atom. The molecule has 24 heavy (non-hydrogen) atoms. The first-order valence-electron chi connectivity index (χ1n) is 7.23. The summed E-state index contributed by atoms with van der Waals surface area (Å²) in [5.74, 6) is -2.42. The Bertz CT molecular complexity index is 823. The molecule has 1 heterocycles. The largest absolute Gasteiger partial charge is 0.482 e. The summed E-state index contributed by atoms with van der Waals surface area (Å²) in [6, 6.07) is 8.33. The van der Waals surface area contributed by atoms with Gasteiger partial charge < -0.3 is 10.1 Å². The van der Waals surface area contributed by atoms with Crippen LogP contribution in [0.15, 0.2) is 36.4 Å². The van der Waals surface area contributed by atoms with E-state index in [9.17, 15) is 18.4 Å². The second kappa shape index (κ2) is 6.27. The summed E-state index contributed by atoms with van der Waals surface area (Å²) in [6.07, 6.45) is 0. The van der Waals surface area contributed by atoms with Crippen LogP contribution in [0.1, 0.15) is 5.56 Å². The van der Waals surface area contributed by atoms with Gasteiger partial charge in [-0.2, -0.15) is 0 Å². The van der Waals surface area contributed by atoms with Crippen LogP contribution in [0.2, 0.25) is 0 Å². The van der Waals surface area contributed by atoms with Crippen LogP contribution in [0.4, 0.5) is 20.2 Å². The Kier molecular flexibility index (Phi) is 4.16. The molecule has 2 amide bonds. The molecule has 0 unspecified atom stereocenters. The number of hydrogen-bond acceptors (Lipinski definition) is 3. The van der Waals surface area contributed by atoms with Crippen molar-refractivity contribution < 1.29 is 23.1 Å². The van der Waals surface area contributed by atoms with Gasteiger partial charge in [-0.25, -0.2) is 8.78 Å². The van der Waals surface area contributed by atoms with E-state index in [1.54, 1.807) is 18.2 Å². The van der Waals surface area contributed by atoms with E-state index in [0.717, 1.165) is 17.7 Å². The highest BCUT2D eigenvalue weighted by molar-refractivity contribution is 6.05. The fraction of sp³-hybridized carbons (Fsp3) is 0.176. The molecule has 1 aliphatic heterocycles. The monoisotopic (exact) mass is 332 g/mol. The van der Waals surface area contributed by atoms with E-state index in [1.165, 1.54) is 11.0 Å². The number of carbonyl (C=O) groups is 2. The van der Waals surface area contributed by atoms with Gasteiger partial charge in [-0.1, -0.05) is 6.07 Å². The third kappa shape index (κ3) is 3.19. The summed E-state index contributed by atoms with van der Waals surface area (Å²) < 4.78 is 31.4. The molecule has 2 aromatic carbocycles. The number of halogens is 2. The quantitative estimate of drug-likeness (QED) is 0.940.